The molecule has 47 heavy (non-hydrogen) atoms. The molecule has 0 radical (unpaired) electrons. The summed E-state index contributed by atoms with van der Waals surface area (Å²) in [5.41, 5.74) is 5.55. The van der Waals surface area contributed by atoms with Crippen LogP contribution in [0.2, 0.25) is 0 Å². The number of para-hydroxylation sites is 2. The lowest BCUT2D eigenvalue weighted by molar-refractivity contribution is -0.131. The Bertz CT molecular complexity index is 1290. The molecule has 0 spiro atoms. The minimum absolute atomic E-state index is 0.00231. The van der Waals surface area contributed by atoms with Crippen LogP contribution in [0.15, 0.2) is 54.6 Å². The number of nitrogens with one attached hydrogen (secondary N) is 4. The first kappa shape index (κ1) is 36.9. The van der Waals surface area contributed by atoms with Crippen molar-refractivity contribution in [2.24, 2.45) is 5.73 Å². The average Bonchev–Trinajstić information content (AvgIpc) is 3.06. The van der Waals surface area contributed by atoms with Gasteiger partial charge in [-0.3, -0.25) is 24.0 Å². The number of amides is 5. The molecule has 12 heteroatoms. The zero-order valence-corrected chi connectivity index (χ0v) is 27.1. The Morgan fingerprint density at radius 1 is 0.851 bits per heavy atom. The van der Waals surface area contributed by atoms with Crippen molar-refractivity contribution < 1.29 is 33.4 Å². The second-order valence-electron chi connectivity index (χ2n) is 11.6. The molecule has 256 valence electrons. The molecule has 0 saturated heterocycles. The Morgan fingerprint density at radius 3 is 2.23 bits per heavy atom. The molecule has 1 aliphatic rings. The smallest absolute Gasteiger partial charge is 0.255 e. The average molecular weight is 652 g/mol. The number of hydrogen-bond donors (Lipinski definition) is 5. The quantitative estimate of drug-likeness (QED) is 0.272. The van der Waals surface area contributed by atoms with Gasteiger partial charge in [0.25, 0.3) is 5.91 Å². The van der Waals surface area contributed by atoms with Crippen molar-refractivity contribution in [1.82, 2.24) is 21.3 Å². The first-order valence-corrected chi connectivity index (χ1v) is 16.7. The third-order valence-corrected chi connectivity index (χ3v) is 7.77. The van der Waals surface area contributed by atoms with E-state index in [0.29, 0.717) is 24.7 Å². The van der Waals surface area contributed by atoms with E-state index in [2.05, 4.69) is 21.3 Å². The van der Waals surface area contributed by atoms with Gasteiger partial charge >= 0.3 is 0 Å². The van der Waals surface area contributed by atoms with Crippen molar-refractivity contribution >= 4 is 29.5 Å². The molecule has 0 bridgehead atoms. The summed E-state index contributed by atoms with van der Waals surface area (Å²) in [5, 5.41) is 10.9. The van der Waals surface area contributed by atoms with Gasteiger partial charge in [-0.15, -0.1) is 0 Å². The molecule has 3 rings (SSSR count). The van der Waals surface area contributed by atoms with Crippen molar-refractivity contribution in [3.05, 3.63) is 60.2 Å². The number of hydrogen-bond acceptors (Lipinski definition) is 7. The summed E-state index contributed by atoms with van der Waals surface area (Å²) in [4.78, 5) is 64.5. The fourth-order valence-electron chi connectivity index (χ4n) is 5.18. The van der Waals surface area contributed by atoms with Crippen LogP contribution >= 0.6 is 0 Å². The first-order valence-electron chi connectivity index (χ1n) is 16.7. The minimum Gasteiger partial charge on any atom is -0.493 e. The van der Waals surface area contributed by atoms with Crippen LogP contribution in [-0.4, -0.2) is 67.9 Å². The van der Waals surface area contributed by atoms with Gasteiger partial charge in [-0.25, -0.2) is 0 Å². The largest absolute Gasteiger partial charge is 0.493 e. The van der Waals surface area contributed by atoms with E-state index in [1.54, 1.807) is 36.4 Å². The summed E-state index contributed by atoms with van der Waals surface area (Å²) in [6, 6.07) is 13.5. The molecule has 0 saturated carbocycles. The number of fused-ring (bicyclic) bond motifs is 1. The summed E-state index contributed by atoms with van der Waals surface area (Å²) in [7, 11) is 0. The van der Waals surface area contributed by atoms with Crippen molar-refractivity contribution in [1.29, 1.82) is 0 Å². The van der Waals surface area contributed by atoms with Crippen molar-refractivity contribution in [2.75, 3.05) is 26.3 Å². The van der Waals surface area contributed by atoms with Crippen molar-refractivity contribution in [2.45, 2.75) is 89.1 Å². The molecule has 6 N–H and O–H groups in total. The van der Waals surface area contributed by atoms with E-state index in [1.165, 1.54) is 0 Å². The van der Waals surface area contributed by atoms with E-state index in [0.717, 1.165) is 57.8 Å². The van der Waals surface area contributed by atoms with Crippen LogP contribution in [0.3, 0.4) is 0 Å². The Hall–Kier alpha value is -4.61. The van der Waals surface area contributed by atoms with Gasteiger partial charge in [-0.05, 0) is 43.5 Å². The Morgan fingerprint density at radius 2 is 1.51 bits per heavy atom. The van der Waals surface area contributed by atoms with Gasteiger partial charge in [0.2, 0.25) is 23.6 Å². The highest BCUT2D eigenvalue weighted by Gasteiger charge is 2.28. The van der Waals surface area contributed by atoms with Crippen molar-refractivity contribution in [3.63, 3.8) is 0 Å². The predicted molar refractivity (Wildman–Crippen MR) is 178 cm³/mol. The SMILES string of the molecule is NC(=O)CC[C@@H]1NC(=O)C[C@@H](C(=O)NCCOc2ccccc2)NC(=O)c2ccccc2OCCCCCCCCCCCNC1=O. The molecule has 2 atom stereocenters. The van der Waals surface area contributed by atoms with Crippen LogP contribution in [-0.2, 0) is 19.2 Å². The standard InChI is InChI=1S/C35H49N5O7/c36-31(41)20-19-28-34(44)37-21-13-6-4-2-1-3-5-7-14-23-47-30-18-12-11-17-27(30)33(43)40-29(25-32(42)39-28)35(45)38-22-24-46-26-15-9-8-10-16-26/h8-12,15-18,28-29H,1-7,13-14,19-25H2,(H2,36,41)(H,37,44)(H,38,45)(H,39,42)(H,40,43)/t28-,29-/m0/s1. The lowest BCUT2D eigenvalue weighted by Crippen LogP contribution is -2.52. The summed E-state index contributed by atoms with van der Waals surface area (Å²) in [5.74, 6) is -1.88. The zero-order valence-electron chi connectivity index (χ0n) is 27.1. The van der Waals surface area contributed by atoms with E-state index >= 15 is 0 Å². The van der Waals surface area contributed by atoms with Crippen LogP contribution < -0.4 is 36.5 Å². The van der Waals surface area contributed by atoms with E-state index in [9.17, 15) is 24.0 Å². The molecule has 2 aromatic rings. The number of rotatable bonds is 8. The monoisotopic (exact) mass is 651 g/mol. The molecule has 0 aliphatic carbocycles. The Kier molecular flexibility index (Phi) is 16.7. The van der Waals surface area contributed by atoms with Crippen LogP contribution in [0.25, 0.3) is 0 Å². The van der Waals surface area contributed by atoms with Gasteiger partial charge in [-0.1, -0.05) is 75.3 Å². The number of benzene rings is 2. The summed E-state index contributed by atoms with van der Waals surface area (Å²) < 4.78 is 11.6. The maximum atomic E-state index is 13.5. The first-order chi connectivity index (χ1) is 22.8. The molecule has 12 nitrogen and oxygen atoms in total. The van der Waals surface area contributed by atoms with Crippen LogP contribution in [0.4, 0.5) is 0 Å². The molecule has 1 heterocycles. The molecular formula is C35H49N5O7. The van der Waals surface area contributed by atoms with E-state index < -0.39 is 48.0 Å². The van der Waals surface area contributed by atoms with E-state index in [-0.39, 0.29) is 31.6 Å². The molecule has 0 fully saturated rings. The highest BCUT2D eigenvalue weighted by Crippen LogP contribution is 2.19. The van der Waals surface area contributed by atoms with Crippen LogP contribution in [0, 0.1) is 0 Å². The van der Waals surface area contributed by atoms with E-state index in [1.807, 2.05) is 18.2 Å². The molecule has 5 amide bonds. The fourth-order valence-corrected chi connectivity index (χ4v) is 5.18. The highest BCUT2D eigenvalue weighted by atomic mass is 16.5. The maximum absolute atomic E-state index is 13.5. The highest BCUT2D eigenvalue weighted by molar-refractivity contribution is 6.01. The summed E-state index contributed by atoms with van der Waals surface area (Å²) in [6.07, 6.45) is 8.63. The maximum Gasteiger partial charge on any atom is 0.255 e. The van der Waals surface area contributed by atoms with Gasteiger partial charge < -0.3 is 36.5 Å². The number of nitrogens with two attached hydrogens (primary N) is 1. The predicted octanol–water partition coefficient (Wildman–Crippen LogP) is 3.14. The third kappa shape index (κ3) is 14.6. The number of carbonyl (C=O) groups excluding carboxylic acids is 5. The molecule has 0 aromatic heterocycles. The minimum atomic E-state index is -1.28. The van der Waals surface area contributed by atoms with Gasteiger partial charge in [0.05, 0.1) is 25.1 Å². The molecular weight excluding hydrogens is 602 g/mol. The van der Waals surface area contributed by atoms with Crippen molar-refractivity contribution in [3.8, 4) is 11.5 Å². The lowest BCUT2D eigenvalue weighted by Gasteiger charge is -2.22. The second kappa shape index (κ2) is 21.2. The molecule has 1 aliphatic heterocycles. The van der Waals surface area contributed by atoms with Crippen LogP contribution in [0.5, 0.6) is 11.5 Å². The van der Waals surface area contributed by atoms with E-state index in [4.69, 9.17) is 15.2 Å². The number of ether oxygens (including phenoxy) is 2. The van der Waals surface area contributed by atoms with Gasteiger partial charge in [0.15, 0.2) is 0 Å². The van der Waals surface area contributed by atoms with Crippen LogP contribution in [0.1, 0.15) is 87.4 Å². The third-order valence-electron chi connectivity index (χ3n) is 7.77. The number of carbonyl (C=O) groups is 5. The normalized spacial score (nSPS) is 19.4. The lowest BCUT2D eigenvalue weighted by atomic mass is 10.1. The number of primary amides is 1. The molecule has 0 unspecified atom stereocenters. The summed E-state index contributed by atoms with van der Waals surface area (Å²) >= 11 is 0. The molecule has 2 aromatic carbocycles. The Balaban J connectivity index is 1.75. The topological polar surface area (TPSA) is 178 Å². The van der Waals surface area contributed by atoms with Gasteiger partial charge in [0.1, 0.15) is 30.2 Å². The van der Waals surface area contributed by atoms with Gasteiger partial charge in [-0.2, -0.15) is 0 Å². The zero-order chi connectivity index (χ0) is 33.7. The summed E-state index contributed by atoms with van der Waals surface area (Å²) in [6.45, 7) is 1.17. The Labute approximate surface area is 276 Å². The fraction of sp³-hybridized carbons (Fsp3) is 0.514. The second-order valence-corrected chi connectivity index (χ2v) is 11.6. The van der Waals surface area contributed by atoms with Gasteiger partial charge in [0, 0.05) is 13.0 Å².